The van der Waals surface area contributed by atoms with Gasteiger partial charge in [-0.15, -0.1) is 0 Å². The Bertz CT molecular complexity index is 2610. The van der Waals surface area contributed by atoms with Gasteiger partial charge in [0, 0.05) is 68.9 Å². The maximum Gasteiger partial charge on any atom is 0.510 e. The topological polar surface area (TPSA) is 170 Å². The molecule has 81 heavy (non-hydrogen) atoms. The van der Waals surface area contributed by atoms with E-state index in [1.54, 1.807) is 9.58 Å². The van der Waals surface area contributed by atoms with E-state index in [0.717, 1.165) is 105 Å². The van der Waals surface area contributed by atoms with Gasteiger partial charge in [0.25, 0.3) is 5.56 Å². The number of benzene rings is 2. The second kappa shape index (κ2) is 34.1. The van der Waals surface area contributed by atoms with Crippen LogP contribution in [0.1, 0.15) is 191 Å². The van der Waals surface area contributed by atoms with E-state index in [0.29, 0.717) is 62.7 Å². The van der Waals surface area contributed by atoms with Crippen LogP contribution in [0.2, 0.25) is 0 Å². The van der Waals surface area contributed by atoms with Gasteiger partial charge >= 0.3 is 18.3 Å². The molecule has 0 saturated carbocycles. The van der Waals surface area contributed by atoms with Crippen LogP contribution >= 0.6 is 0 Å². The van der Waals surface area contributed by atoms with Crippen molar-refractivity contribution in [1.82, 2.24) is 39.3 Å². The number of nitrogens with zero attached hydrogens (tertiary/aromatic N) is 7. The van der Waals surface area contributed by atoms with Gasteiger partial charge in [0.2, 0.25) is 5.91 Å². The van der Waals surface area contributed by atoms with Gasteiger partial charge in [-0.3, -0.25) is 19.1 Å². The molecule has 3 amide bonds. The van der Waals surface area contributed by atoms with Gasteiger partial charge in [-0.05, 0) is 106 Å². The molecule has 1 atom stereocenters. The van der Waals surface area contributed by atoms with E-state index in [1.807, 2.05) is 60.5 Å². The average Bonchev–Trinajstić information content (AvgIpc) is 4.14. The van der Waals surface area contributed by atoms with E-state index in [9.17, 15) is 24.0 Å². The van der Waals surface area contributed by atoms with Crippen LogP contribution in [0.15, 0.2) is 53.5 Å². The third-order valence-electron chi connectivity index (χ3n) is 17.1. The Morgan fingerprint density at radius 1 is 0.617 bits per heavy atom. The number of unbranched alkanes of at least 4 members (excludes halogenated alkanes) is 18. The molecule has 1 N–H and O–H groups in total. The summed E-state index contributed by atoms with van der Waals surface area (Å²) >= 11 is 0. The highest BCUT2D eigenvalue weighted by atomic mass is 16.7. The van der Waals surface area contributed by atoms with E-state index in [4.69, 9.17) is 24.0 Å². The average molecular weight is 1120 g/mol. The molecule has 17 nitrogen and oxygen atoms in total. The van der Waals surface area contributed by atoms with Gasteiger partial charge in [0.05, 0.1) is 24.2 Å². The number of pyridine rings is 1. The molecule has 7 rings (SSSR count). The van der Waals surface area contributed by atoms with Gasteiger partial charge in [0.1, 0.15) is 6.04 Å². The fraction of sp³-hybridized carbons (Fsp3) is 0.688. The number of piperidine rings is 2. The zero-order valence-corrected chi connectivity index (χ0v) is 49.8. The molecule has 2 aromatic carbocycles. The third kappa shape index (κ3) is 20.0. The van der Waals surface area contributed by atoms with Crippen molar-refractivity contribution < 1.29 is 38.1 Å². The number of nitrogens with one attached hydrogen (secondary N) is 1. The number of aromatic nitrogens is 3. The number of piperazine rings is 1. The SMILES string of the molecule is CCCCCCCCCCCCOC(=O)OCn1cc2cc(C[C@@H](NC(=O)N3CCC(c4cc5ccccc5n(COC(=O)OCCCCCCCCCCCC)c4=O)CC3)C(=O)N3CCN(C4CCN(C)CC4)CC3)cc(C)c2n1. The number of fused-ring (bicyclic) bond motifs is 2. The third-order valence-corrected chi connectivity index (χ3v) is 17.1. The van der Waals surface area contributed by atoms with Crippen LogP contribution in [-0.2, 0) is 43.6 Å². The fourth-order valence-corrected chi connectivity index (χ4v) is 12.2. The van der Waals surface area contributed by atoms with Gasteiger partial charge in [-0.1, -0.05) is 154 Å². The lowest BCUT2D eigenvalue weighted by atomic mass is 9.89. The summed E-state index contributed by atoms with van der Waals surface area (Å²) in [7, 11) is 2.17. The number of amides is 3. The summed E-state index contributed by atoms with van der Waals surface area (Å²) in [5.41, 5.74) is 3.57. The van der Waals surface area contributed by atoms with Crippen molar-refractivity contribution in [2.24, 2.45) is 0 Å². The number of likely N-dealkylation sites (tertiary alicyclic amines) is 2. The minimum Gasteiger partial charge on any atom is -0.434 e. The molecule has 5 heterocycles. The van der Waals surface area contributed by atoms with Crippen molar-refractivity contribution in [1.29, 1.82) is 0 Å². The molecule has 448 valence electrons. The molecule has 0 unspecified atom stereocenters. The zero-order valence-electron chi connectivity index (χ0n) is 49.8. The molecule has 17 heteroatoms. The van der Waals surface area contributed by atoms with Crippen LogP contribution in [0, 0.1) is 6.92 Å². The number of para-hydroxylation sites is 1. The molecule has 4 aromatic rings. The van der Waals surface area contributed by atoms with E-state index in [1.165, 1.54) is 94.5 Å². The molecule has 0 bridgehead atoms. The first-order chi connectivity index (χ1) is 39.5. The highest BCUT2D eigenvalue weighted by Crippen LogP contribution is 2.29. The molecule has 0 aliphatic carbocycles. The van der Waals surface area contributed by atoms with E-state index >= 15 is 0 Å². The minimum absolute atomic E-state index is 0.0981. The molecule has 3 aliphatic heterocycles. The van der Waals surface area contributed by atoms with Gasteiger partial charge in [0.15, 0.2) is 13.5 Å². The summed E-state index contributed by atoms with van der Waals surface area (Å²) < 4.78 is 24.8. The summed E-state index contributed by atoms with van der Waals surface area (Å²) in [5.74, 6) is -0.249. The quantitative estimate of drug-likeness (QED) is 0.0363. The van der Waals surface area contributed by atoms with Crippen LogP contribution < -0.4 is 10.9 Å². The summed E-state index contributed by atoms with van der Waals surface area (Å²) in [6, 6.07) is 12.9. The smallest absolute Gasteiger partial charge is 0.434 e. The molecular formula is C64H98N8O9. The van der Waals surface area contributed by atoms with Gasteiger partial charge in [-0.25, -0.2) is 19.1 Å². The number of carbonyl (C=O) groups excluding carboxylic acids is 4. The molecule has 2 aromatic heterocycles. The Morgan fingerprint density at radius 3 is 1.77 bits per heavy atom. The maximum atomic E-state index is 14.7. The van der Waals surface area contributed by atoms with Crippen molar-refractivity contribution in [3.8, 4) is 0 Å². The maximum absolute atomic E-state index is 14.7. The van der Waals surface area contributed by atoms with Crippen LogP contribution in [0.5, 0.6) is 0 Å². The highest BCUT2D eigenvalue weighted by Gasteiger charge is 2.34. The van der Waals surface area contributed by atoms with Crippen LogP contribution in [0.4, 0.5) is 14.4 Å². The first kappa shape index (κ1) is 62.9. The Kier molecular flexibility index (Phi) is 26.4. The summed E-state index contributed by atoms with van der Waals surface area (Å²) in [6.07, 6.45) is 27.7. The van der Waals surface area contributed by atoms with Crippen LogP contribution in [0.3, 0.4) is 0 Å². The minimum atomic E-state index is -0.833. The molecule has 3 fully saturated rings. The highest BCUT2D eigenvalue weighted by molar-refractivity contribution is 5.88. The summed E-state index contributed by atoms with van der Waals surface area (Å²) in [6.45, 7) is 12.4. The van der Waals surface area contributed by atoms with E-state index < -0.39 is 18.4 Å². The van der Waals surface area contributed by atoms with Crippen molar-refractivity contribution >= 4 is 46.1 Å². The van der Waals surface area contributed by atoms with E-state index in [2.05, 4.69) is 36.0 Å². The number of urea groups is 1. The molecular weight excluding hydrogens is 1020 g/mol. The predicted octanol–water partition coefficient (Wildman–Crippen LogP) is 12.5. The number of carbonyl (C=O) groups is 4. The lowest BCUT2D eigenvalue weighted by molar-refractivity contribution is -0.135. The lowest BCUT2D eigenvalue weighted by Crippen LogP contribution is -2.59. The Labute approximate surface area is 482 Å². The largest absolute Gasteiger partial charge is 0.510 e. The molecule has 0 radical (unpaired) electrons. The summed E-state index contributed by atoms with van der Waals surface area (Å²) in [4.78, 5) is 77.2. The number of hydrogen-bond donors (Lipinski definition) is 1. The standard InChI is InChI=1S/C64H98N8O9/c1-5-7-9-11-13-15-17-19-21-25-41-78-63(76)80-48-71-47-54-44-51(43-50(3)59(54)66-71)45-57(61(74)69-39-37-68(38-40-69)55-31-33-67(4)34-32-55)65-62(75)70-35-29-52(30-36-70)56-46-53-27-23-24-28-58(53)72(60(56)73)49-81-64(77)79-42-26-22-20-18-16-14-12-10-8-6-2/h23-24,27-28,43-44,46-47,52,55,57H,5-22,25-26,29-42,45,48-49H2,1-4H3,(H,65,75)/t57-/m1/s1. The van der Waals surface area contributed by atoms with Gasteiger partial charge in [-0.2, -0.15) is 5.10 Å². The number of rotatable bonds is 32. The monoisotopic (exact) mass is 1120 g/mol. The Balaban J connectivity index is 0.931. The lowest BCUT2D eigenvalue weighted by Gasteiger charge is -2.43. The summed E-state index contributed by atoms with van der Waals surface area (Å²) in [5, 5.41) is 9.58. The number of aryl methyl sites for hydroxylation is 1. The van der Waals surface area contributed by atoms with Crippen molar-refractivity contribution in [3.05, 3.63) is 75.7 Å². The first-order valence-electron chi connectivity index (χ1n) is 31.5. The molecule has 0 spiro atoms. The Morgan fingerprint density at radius 2 is 1.17 bits per heavy atom. The van der Waals surface area contributed by atoms with Crippen molar-refractivity contribution in [2.45, 2.75) is 213 Å². The molecule has 3 aliphatic rings. The predicted molar refractivity (Wildman–Crippen MR) is 319 cm³/mol. The van der Waals surface area contributed by atoms with Gasteiger partial charge < -0.3 is 39.0 Å². The normalized spacial score (nSPS) is 16.2. The number of ether oxygens (including phenoxy) is 4. The second-order valence-electron chi connectivity index (χ2n) is 23.4. The number of hydrogen-bond acceptors (Lipinski definition) is 12. The van der Waals surface area contributed by atoms with Crippen molar-refractivity contribution in [2.75, 3.05) is 72.6 Å². The van der Waals surface area contributed by atoms with E-state index in [-0.39, 0.29) is 49.9 Å². The Hall–Kier alpha value is -5.68. The fourth-order valence-electron chi connectivity index (χ4n) is 12.2. The molecule has 3 saturated heterocycles. The zero-order chi connectivity index (χ0) is 57.2. The van der Waals surface area contributed by atoms with Crippen LogP contribution in [-0.4, -0.2) is 143 Å². The second-order valence-corrected chi connectivity index (χ2v) is 23.4. The van der Waals surface area contributed by atoms with Crippen LogP contribution in [0.25, 0.3) is 21.8 Å². The first-order valence-corrected chi connectivity index (χ1v) is 31.5. The van der Waals surface area contributed by atoms with Crippen molar-refractivity contribution in [3.63, 3.8) is 0 Å².